The molecule has 1 aromatic rings. The lowest BCUT2D eigenvalue weighted by molar-refractivity contribution is 0.0240. The van der Waals surface area contributed by atoms with E-state index in [1.165, 1.54) is 6.07 Å². The van der Waals surface area contributed by atoms with Gasteiger partial charge in [0.05, 0.1) is 0 Å². The first-order valence-corrected chi connectivity index (χ1v) is 7.93. The van der Waals surface area contributed by atoms with Crippen LogP contribution in [0.15, 0.2) is 18.2 Å². The van der Waals surface area contributed by atoms with E-state index in [0.29, 0.717) is 36.7 Å². The van der Waals surface area contributed by atoms with Gasteiger partial charge in [-0.1, -0.05) is 11.6 Å². The van der Waals surface area contributed by atoms with E-state index < -0.39 is 12.7 Å². The third-order valence-corrected chi connectivity index (χ3v) is 3.72. The highest BCUT2D eigenvalue weighted by molar-refractivity contribution is 6.59. The average Bonchev–Trinajstić information content (AvgIpc) is 2.45. The molecule has 1 amide bonds. The first-order valence-electron chi connectivity index (χ1n) is 7.55. The first kappa shape index (κ1) is 17.9. The molecule has 0 spiro atoms. The number of anilines is 1. The molecule has 6 nitrogen and oxygen atoms in total. The van der Waals surface area contributed by atoms with Gasteiger partial charge in [-0.25, -0.2) is 4.79 Å². The Hall–Kier alpha value is -1.44. The summed E-state index contributed by atoms with van der Waals surface area (Å²) in [6.07, 6.45) is -0.310. The summed E-state index contributed by atoms with van der Waals surface area (Å²) < 4.78 is 5.37. The van der Waals surface area contributed by atoms with Gasteiger partial charge in [-0.05, 0) is 44.4 Å². The van der Waals surface area contributed by atoms with Gasteiger partial charge in [0.25, 0.3) is 0 Å². The molecule has 1 aromatic carbocycles. The highest BCUT2D eigenvalue weighted by Gasteiger charge is 2.26. The van der Waals surface area contributed by atoms with Gasteiger partial charge in [-0.2, -0.15) is 0 Å². The summed E-state index contributed by atoms with van der Waals surface area (Å²) >= 11 is 6.03. The number of nitrogens with zero attached hydrogens (tertiary/aromatic N) is 2. The number of ether oxygens (including phenoxy) is 1. The maximum Gasteiger partial charge on any atom is 0.488 e. The normalized spacial score (nSPS) is 15.6. The Kier molecular flexibility index (Phi) is 5.44. The number of hydrogen-bond donors (Lipinski definition) is 2. The van der Waals surface area contributed by atoms with Crippen LogP contribution in [0.5, 0.6) is 0 Å². The van der Waals surface area contributed by atoms with Crippen molar-refractivity contribution in [3.63, 3.8) is 0 Å². The molecule has 2 rings (SSSR count). The second-order valence-electron chi connectivity index (χ2n) is 6.57. The van der Waals surface area contributed by atoms with E-state index in [1.807, 2.05) is 20.8 Å². The van der Waals surface area contributed by atoms with Crippen molar-refractivity contribution in [1.82, 2.24) is 4.90 Å². The minimum absolute atomic E-state index is 0.310. The van der Waals surface area contributed by atoms with Crippen molar-refractivity contribution >= 4 is 36.0 Å². The molecule has 0 saturated carbocycles. The van der Waals surface area contributed by atoms with Crippen LogP contribution in [0.3, 0.4) is 0 Å². The molecule has 0 bridgehead atoms. The molecule has 0 unspecified atom stereocenters. The van der Waals surface area contributed by atoms with Gasteiger partial charge in [0, 0.05) is 36.9 Å². The number of hydrogen-bond acceptors (Lipinski definition) is 5. The summed E-state index contributed by atoms with van der Waals surface area (Å²) in [6, 6.07) is 4.99. The lowest BCUT2D eigenvalue weighted by atomic mass is 9.80. The van der Waals surface area contributed by atoms with Gasteiger partial charge in [-0.15, -0.1) is 0 Å². The molecule has 2 N–H and O–H groups in total. The fourth-order valence-corrected chi connectivity index (χ4v) is 2.64. The molecule has 23 heavy (non-hydrogen) atoms. The van der Waals surface area contributed by atoms with Gasteiger partial charge < -0.3 is 24.6 Å². The predicted octanol–water partition coefficient (Wildman–Crippen LogP) is 1.08. The Balaban J connectivity index is 2.01. The smallest absolute Gasteiger partial charge is 0.444 e. The quantitative estimate of drug-likeness (QED) is 0.788. The van der Waals surface area contributed by atoms with Gasteiger partial charge in [0.15, 0.2) is 0 Å². The highest BCUT2D eigenvalue weighted by Crippen LogP contribution is 2.21. The van der Waals surface area contributed by atoms with Gasteiger partial charge in [0.2, 0.25) is 0 Å². The van der Waals surface area contributed by atoms with Crippen molar-refractivity contribution in [3.05, 3.63) is 23.2 Å². The van der Waals surface area contributed by atoms with Crippen molar-refractivity contribution in [1.29, 1.82) is 0 Å². The second kappa shape index (κ2) is 6.99. The molecule has 1 heterocycles. The van der Waals surface area contributed by atoms with Crippen molar-refractivity contribution in [2.24, 2.45) is 0 Å². The van der Waals surface area contributed by atoms with E-state index >= 15 is 0 Å². The monoisotopic (exact) mass is 340 g/mol. The summed E-state index contributed by atoms with van der Waals surface area (Å²) in [5.74, 6) is 0. The van der Waals surface area contributed by atoms with E-state index in [9.17, 15) is 14.8 Å². The molecular weight excluding hydrogens is 318 g/mol. The maximum absolute atomic E-state index is 12.1. The Morgan fingerprint density at radius 1 is 1.17 bits per heavy atom. The molecule has 0 atom stereocenters. The summed E-state index contributed by atoms with van der Waals surface area (Å²) in [5, 5.41) is 19.1. The zero-order chi connectivity index (χ0) is 17.2. The van der Waals surface area contributed by atoms with Crippen LogP contribution in [-0.4, -0.2) is 59.9 Å². The van der Waals surface area contributed by atoms with Crippen LogP contribution >= 0.6 is 11.6 Å². The van der Waals surface area contributed by atoms with Crippen LogP contribution in [0.4, 0.5) is 10.5 Å². The minimum atomic E-state index is -1.56. The molecule has 1 fully saturated rings. The van der Waals surface area contributed by atoms with Gasteiger partial charge in [-0.3, -0.25) is 0 Å². The number of carbonyl (C=O) groups is 1. The third kappa shape index (κ3) is 5.02. The molecule has 8 heteroatoms. The third-order valence-electron chi connectivity index (χ3n) is 3.50. The summed E-state index contributed by atoms with van der Waals surface area (Å²) in [6.45, 7) is 7.86. The molecule has 1 aliphatic rings. The van der Waals surface area contributed by atoms with Crippen LogP contribution in [-0.2, 0) is 4.74 Å². The van der Waals surface area contributed by atoms with Crippen LogP contribution in [0.2, 0.25) is 5.02 Å². The van der Waals surface area contributed by atoms with E-state index in [0.717, 1.165) is 5.69 Å². The van der Waals surface area contributed by atoms with Crippen LogP contribution in [0.1, 0.15) is 20.8 Å². The fraction of sp³-hybridized carbons (Fsp3) is 0.533. The Bertz CT molecular complexity index is 569. The molecule has 1 saturated heterocycles. The van der Waals surface area contributed by atoms with E-state index in [4.69, 9.17) is 16.3 Å². The number of amides is 1. The molecule has 126 valence electrons. The summed E-state index contributed by atoms with van der Waals surface area (Å²) in [4.78, 5) is 15.8. The zero-order valence-electron chi connectivity index (χ0n) is 13.6. The van der Waals surface area contributed by atoms with Crippen LogP contribution in [0.25, 0.3) is 0 Å². The summed E-state index contributed by atoms with van der Waals surface area (Å²) in [5.41, 5.74) is 0.652. The minimum Gasteiger partial charge on any atom is -0.444 e. The Morgan fingerprint density at radius 3 is 2.30 bits per heavy atom. The number of piperazine rings is 1. The molecule has 1 aliphatic heterocycles. The Morgan fingerprint density at radius 2 is 1.78 bits per heavy atom. The Labute approximate surface area is 141 Å². The standard InChI is InChI=1S/C15H22BClN2O4/c1-15(2,3)23-14(20)19-6-4-18(5-7-19)13-9-11(16(21)22)8-12(17)10-13/h8-10,21-22H,4-7H2,1-3H3. The highest BCUT2D eigenvalue weighted by atomic mass is 35.5. The van der Waals surface area contributed by atoms with Gasteiger partial charge >= 0.3 is 13.2 Å². The van der Waals surface area contributed by atoms with Gasteiger partial charge in [0.1, 0.15) is 5.60 Å². The van der Waals surface area contributed by atoms with Crippen LogP contribution in [0, 0.1) is 0 Å². The largest absolute Gasteiger partial charge is 0.488 e. The summed E-state index contributed by atoms with van der Waals surface area (Å²) in [7, 11) is -1.56. The average molecular weight is 341 g/mol. The maximum atomic E-state index is 12.1. The first-order chi connectivity index (χ1) is 10.7. The van der Waals surface area contributed by atoms with Crippen molar-refractivity contribution in [2.45, 2.75) is 26.4 Å². The lowest BCUT2D eigenvalue weighted by Crippen LogP contribution is -2.50. The van der Waals surface area contributed by atoms with Crippen molar-refractivity contribution in [3.8, 4) is 0 Å². The number of carbonyl (C=O) groups excluding carboxylic acids is 1. The predicted molar refractivity (Wildman–Crippen MR) is 91.3 cm³/mol. The molecule has 0 aliphatic carbocycles. The van der Waals surface area contributed by atoms with E-state index in [-0.39, 0.29) is 6.09 Å². The fourth-order valence-electron chi connectivity index (χ4n) is 2.40. The van der Waals surface area contributed by atoms with E-state index in [2.05, 4.69) is 4.90 Å². The zero-order valence-corrected chi connectivity index (χ0v) is 14.4. The molecule has 0 aromatic heterocycles. The molecule has 0 radical (unpaired) electrons. The number of rotatable bonds is 2. The topological polar surface area (TPSA) is 73.2 Å². The van der Waals surface area contributed by atoms with E-state index in [1.54, 1.807) is 17.0 Å². The van der Waals surface area contributed by atoms with Crippen molar-refractivity contribution in [2.75, 3.05) is 31.1 Å². The number of benzene rings is 1. The number of halogens is 1. The second-order valence-corrected chi connectivity index (χ2v) is 7.01. The molecular formula is C15H22BClN2O4. The van der Waals surface area contributed by atoms with Crippen LogP contribution < -0.4 is 10.4 Å². The van der Waals surface area contributed by atoms with Crippen molar-refractivity contribution < 1.29 is 19.6 Å². The lowest BCUT2D eigenvalue weighted by Gasteiger charge is -2.37. The SMILES string of the molecule is CC(C)(C)OC(=O)N1CCN(c2cc(Cl)cc(B(O)O)c2)CC1.